The Bertz CT molecular complexity index is 746. The van der Waals surface area contributed by atoms with Gasteiger partial charge in [0.15, 0.2) is 0 Å². The third kappa shape index (κ3) is 3.48. The first-order valence-corrected chi connectivity index (χ1v) is 9.34. The monoisotopic (exact) mass is 350 g/mol. The molecule has 0 bridgehead atoms. The SMILES string of the molecule is CNCCN(C)c1c2ccccc2c(N(C)CCNC)c2ccccc12. The second-order valence-corrected chi connectivity index (χ2v) is 6.84. The normalized spacial score (nSPS) is 11.2. The van der Waals surface area contributed by atoms with Crippen LogP contribution in [0.2, 0.25) is 0 Å². The lowest BCUT2D eigenvalue weighted by atomic mass is 9.97. The fourth-order valence-electron chi connectivity index (χ4n) is 3.69. The van der Waals surface area contributed by atoms with Gasteiger partial charge in [0.05, 0.1) is 11.4 Å². The molecule has 3 rings (SSSR count). The molecule has 0 heterocycles. The highest BCUT2D eigenvalue weighted by Crippen LogP contribution is 2.42. The van der Waals surface area contributed by atoms with Crippen LogP contribution in [-0.2, 0) is 0 Å². The fourth-order valence-corrected chi connectivity index (χ4v) is 3.69. The average molecular weight is 351 g/mol. The van der Waals surface area contributed by atoms with Crippen LogP contribution in [0.4, 0.5) is 11.4 Å². The van der Waals surface area contributed by atoms with Crippen LogP contribution in [0.15, 0.2) is 48.5 Å². The Labute approximate surface area is 156 Å². The molecule has 3 aromatic carbocycles. The van der Waals surface area contributed by atoms with Gasteiger partial charge < -0.3 is 20.4 Å². The number of rotatable bonds is 8. The largest absolute Gasteiger partial charge is 0.372 e. The summed E-state index contributed by atoms with van der Waals surface area (Å²) in [6.45, 7) is 3.87. The Hall–Kier alpha value is -2.30. The van der Waals surface area contributed by atoms with Gasteiger partial charge in [0.25, 0.3) is 0 Å². The molecule has 0 unspecified atom stereocenters. The standard InChI is InChI=1S/C22H30N4/c1-23-13-15-25(3)21-17-9-5-7-11-19(17)22(26(4)16-14-24-2)20-12-8-6-10-18(20)21/h5-12,23-24H,13-16H2,1-4H3. The van der Waals surface area contributed by atoms with E-state index in [-0.39, 0.29) is 0 Å². The number of nitrogens with zero attached hydrogens (tertiary/aromatic N) is 2. The summed E-state index contributed by atoms with van der Waals surface area (Å²) in [4.78, 5) is 4.75. The van der Waals surface area contributed by atoms with Crippen molar-refractivity contribution in [1.82, 2.24) is 10.6 Å². The van der Waals surface area contributed by atoms with Crippen molar-refractivity contribution in [2.45, 2.75) is 0 Å². The minimum atomic E-state index is 0.961. The zero-order valence-electron chi connectivity index (χ0n) is 16.3. The van der Waals surface area contributed by atoms with Crippen molar-refractivity contribution in [1.29, 1.82) is 0 Å². The quantitative estimate of drug-likeness (QED) is 0.482. The number of fused-ring (bicyclic) bond motifs is 2. The fraction of sp³-hybridized carbons (Fsp3) is 0.364. The molecule has 0 aromatic heterocycles. The number of benzene rings is 3. The van der Waals surface area contributed by atoms with E-state index in [2.05, 4.69) is 83.1 Å². The predicted octanol–water partition coefficient (Wildman–Crippen LogP) is 3.30. The molecule has 0 atom stereocenters. The maximum absolute atomic E-state index is 3.26. The third-order valence-electron chi connectivity index (χ3n) is 5.03. The third-order valence-corrected chi connectivity index (χ3v) is 5.03. The van der Waals surface area contributed by atoms with Gasteiger partial charge in [0.1, 0.15) is 0 Å². The number of likely N-dealkylation sites (N-methyl/N-ethyl adjacent to an activating group) is 4. The van der Waals surface area contributed by atoms with E-state index in [4.69, 9.17) is 0 Å². The minimum Gasteiger partial charge on any atom is -0.372 e. The molecule has 4 nitrogen and oxygen atoms in total. The van der Waals surface area contributed by atoms with Crippen molar-refractivity contribution in [3.63, 3.8) is 0 Å². The topological polar surface area (TPSA) is 30.5 Å². The van der Waals surface area contributed by atoms with Gasteiger partial charge >= 0.3 is 0 Å². The second-order valence-electron chi connectivity index (χ2n) is 6.84. The van der Waals surface area contributed by atoms with Crippen LogP contribution in [0.5, 0.6) is 0 Å². The average Bonchev–Trinajstić information content (AvgIpc) is 2.68. The first-order valence-electron chi connectivity index (χ1n) is 9.34. The van der Waals surface area contributed by atoms with Crippen LogP contribution in [0.25, 0.3) is 21.5 Å². The van der Waals surface area contributed by atoms with Gasteiger partial charge in [-0.2, -0.15) is 0 Å². The molecule has 0 aliphatic rings. The number of hydrogen-bond donors (Lipinski definition) is 2. The van der Waals surface area contributed by atoms with Crippen molar-refractivity contribution < 1.29 is 0 Å². The number of hydrogen-bond acceptors (Lipinski definition) is 4. The van der Waals surface area contributed by atoms with Crippen LogP contribution in [0, 0.1) is 0 Å². The Morgan fingerprint density at radius 3 is 1.19 bits per heavy atom. The lowest BCUT2D eigenvalue weighted by molar-refractivity contribution is 0.769. The van der Waals surface area contributed by atoms with Crippen molar-refractivity contribution in [2.24, 2.45) is 0 Å². The van der Waals surface area contributed by atoms with Crippen LogP contribution < -0.4 is 20.4 Å². The van der Waals surface area contributed by atoms with Gasteiger partial charge in [-0.25, -0.2) is 0 Å². The van der Waals surface area contributed by atoms with E-state index in [1.54, 1.807) is 0 Å². The maximum Gasteiger partial charge on any atom is 0.0524 e. The highest BCUT2D eigenvalue weighted by Gasteiger charge is 2.18. The predicted molar refractivity (Wildman–Crippen MR) is 116 cm³/mol. The van der Waals surface area contributed by atoms with Gasteiger partial charge in [0, 0.05) is 61.8 Å². The second kappa shape index (κ2) is 8.39. The molecule has 0 aliphatic heterocycles. The minimum absolute atomic E-state index is 0.961. The molecule has 0 amide bonds. The molecular weight excluding hydrogens is 320 g/mol. The van der Waals surface area contributed by atoms with Crippen molar-refractivity contribution in [2.75, 3.05) is 64.2 Å². The molecule has 0 saturated heterocycles. The summed E-state index contributed by atoms with van der Waals surface area (Å²) in [6, 6.07) is 17.6. The molecule has 3 aromatic rings. The molecule has 138 valence electrons. The van der Waals surface area contributed by atoms with E-state index in [9.17, 15) is 0 Å². The summed E-state index contributed by atoms with van der Waals surface area (Å²) in [5.41, 5.74) is 2.63. The summed E-state index contributed by atoms with van der Waals surface area (Å²) in [7, 11) is 8.39. The van der Waals surface area contributed by atoms with E-state index >= 15 is 0 Å². The summed E-state index contributed by atoms with van der Waals surface area (Å²) >= 11 is 0. The van der Waals surface area contributed by atoms with Gasteiger partial charge in [-0.3, -0.25) is 0 Å². The molecule has 26 heavy (non-hydrogen) atoms. The van der Waals surface area contributed by atoms with Gasteiger partial charge in [0.2, 0.25) is 0 Å². The zero-order valence-corrected chi connectivity index (χ0v) is 16.3. The Morgan fingerprint density at radius 1 is 0.615 bits per heavy atom. The molecule has 0 spiro atoms. The molecule has 0 aliphatic carbocycles. The highest BCUT2D eigenvalue weighted by atomic mass is 15.1. The Kier molecular flexibility index (Phi) is 5.96. The lowest BCUT2D eigenvalue weighted by Gasteiger charge is -2.28. The molecule has 2 N–H and O–H groups in total. The zero-order chi connectivity index (χ0) is 18.5. The van der Waals surface area contributed by atoms with E-state index in [1.165, 1.54) is 32.9 Å². The van der Waals surface area contributed by atoms with E-state index < -0.39 is 0 Å². The van der Waals surface area contributed by atoms with Gasteiger partial charge in [-0.15, -0.1) is 0 Å². The van der Waals surface area contributed by atoms with Crippen LogP contribution in [-0.4, -0.2) is 54.4 Å². The first kappa shape index (κ1) is 18.5. The lowest BCUT2D eigenvalue weighted by Crippen LogP contribution is -2.29. The van der Waals surface area contributed by atoms with E-state index in [1.807, 2.05) is 14.1 Å². The van der Waals surface area contributed by atoms with Crippen molar-refractivity contribution >= 4 is 32.9 Å². The highest BCUT2D eigenvalue weighted by molar-refractivity contribution is 6.20. The molecule has 0 radical (unpaired) electrons. The molecule has 0 fully saturated rings. The van der Waals surface area contributed by atoms with E-state index in [0.717, 1.165) is 26.2 Å². The van der Waals surface area contributed by atoms with Crippen molar-refractivity contribution in [3.05, 3.63) is 48.5 Å². The first-order chi connectivity index (χ1) is 12.7. The molecule has 0 saturated carbocycles. The van der Waals surface area contributed by atoms with Crippen LogP contribution in [0.3, 0.4) is 0 Å². The summed E-state index contributed by atoms with van der Waals surface area (Å²) in [5, 5.41) is 11.8. The Balaban J connectivity index is 2.28. The van der Waals surface area contributed by atoms with Gasteiger partial charge in [-0.05, 0) is 14.1 Å². The van der Waals surface area contributed by atoms with Crippen molar-refractivity contribution in [3.8, 4) is 0 Å². The van der Waals surface area contributed by atoms with E-state index in [0.29, 0.717) is 0 Å². The molecule has 4 heteroatoms. The number of anilines is 2. The smallest absolute Gasteiger partial charge is 0.0524 e. The molecular formula is C22H30N4. The summed E-state index contributed by atoms with van der Waals surface area (Å²) in [5.74, 6) is 0. The maximum atomic E-state index is 3.26. The Morgan fingerprint density at radius 2 is 0.923 bits per heavy atom. The van der Waals surface area contributed by atoms with Crippen LogP contribution in [0.1, 0.15) is 0 Å². The van der Waals surface area contributed by atoms with Gasteiger partial charge in [-0.1, -0.05) is 48.5 Å². The number of nitrogens with one attached hydrogen (secondary N) is 2. The summed E-state index contributed by atoms with van der Waals surface area (Å²) in [6.07, 6.45) is 0. The van der Waals surface area contributed by atoms with Crippen LogP contribution >= 0.6 is 0 Å². The summed E-state index contributed by atoms with van der Waals surface area (Å²) < 4.78 is 0.